The summed E-state index contributed by atoms with van der Waals surface area (Å²) in [5.74, 6) is 10.6. The van der Waals surface area contributed by atoms with Crippen molar-refractivity contribution in [2.24, 2.45) is 42.5 Å². The van der Waals surface area contributed by atoms with E-state index in [1.807, 2.05) is 17.9 Å². The summed E-state index contributed by atoms with van der Waals surface area (Å²) in [5.41, 5.74) is 4.31. The molecule has 3 N–H and O–H groups in total. The van der Waals surface area contributed by atoms with Crippen LogP contribution in [0.4, 0.5) is 0 Å². The number of aryl methyl sites for hydroxylation is 1. The zero-order chi connectivity index (χ0) is 13.7. The Kier molecular flexibility index (Phi) is 3.11. The monoisotopic (exact) mass is 274 g/mol. The molecule has 0 radical (unpaired) electrons. The van der Waals surface area contributed by atoms with Crippen LogP contribution in [-0.4, -0.2) is 15.8 Å². The lowest BCUT2D eigenvalue weighted by Crippen LogP contribution is -2.55. The van der Waals surface area contributed by atoms with Gasteiger partial charge in [-0.05, 0) is 67.8 Å². The average molecular weight is 274 g/mol. The topological polar surface area (TPSA) is 55.9 Å². The SMILES string of the molecule is Cn1ccc(CC(NN)C2C3CC4CC(C3)CC2C4)n1. The van der Waals surface area contributed by atoms with Crippen LogP contribution < -0.4 is 11.3 Å². The lowest BCUT2D eigenvalue weighted by atomic mass is 9.50. The van der Waals surface area contributed by atoms with Crippen LogP contribution in [0.3, 0.4) is 0 Å². The summed E-state index contributed by atoms with van der Waals surface area (Å²) in [6.45, 7) is 0. The maximum atomic E-state index is 5.92. The van der Waals surface area contributed by atoms with Crippen LogP contribution in [0, 0.1) is 29.6 Å². The maximum absolute atomic E-state index is 5.92. The van der Waals surface area contributed by atoms with E-state index >= 15 is 0 Å². The number of nitrogens with two attached hydrogens (primary N) is 1. The fourth-order valence-electron chi connectivity index (χ4n) is 5.73. The van der Waals surface area contributed by atoms with Crippen LogP contribution in [0.1, 0.15) is 37.8 Å². The van der Waals surface area contributed by atoms with Gasteiger partial charge in [-0.15, -0.1) is 0 Å². The van der Waals surface area contributed by atoms with E-state index in [9.17, 15) is 0 Å². The number of hydrogen-bond donors (Lipinski definition) is 2. The predicted octanol–water partition coefficient (Wildman–Crippen LogP) is 1.87. The molecule has 0 amide bonds. The lowest BCUT2D eigenvalue weighted by molar-refractivity contribution is -0.0518. The number of nitrogens with zero attached hydrogens (tertiary/aromatic N) is 2. The van der Waals surface area contributed by atoms with Gasteiger partial charge in [0.05, 0.1) is 5.69 Å². The summed E-state index contributed by atoms with van der Waals surface area (Å²) < 4.78 is 1.89. The zero-order valence-electron chi connectivity index (χ0n) is 12.3. The largest absolute Gasteiger partial charge is 0.276 e. The number of hydrazine groups is 1. The first-order chi connectivity index (χ1) is 9.72. The van der Waals surface area contributed by atoms with Gasteiger partial charge in [0.15, 0.2) is 0 Å². The van der Waals surface area contributed by atoms with Crippen molar-refractivity contribution >= 4 is 0 Å². The molecule has 1 unspecified atom stereocenters. The Balaban J connectivity index is 1.52. The van der Waals surface area contributed by atoms with Crippen molar-refractivity contribution in [2.75, 3.05) is 0 Å². The van der Waals surface area contributed by atoms with Crippen molar-refractivity contribution in [2.45, 2.75) is 44.6 Å². The molecule has 0 spiro atoms. The van der Waals surface area contributed by atoms with Crippen LogP contribution in [0.2, 0.25) is 0 Å². The van der Waals surface area contributed by atoms with E-state index in [0.717, 1.165) is 36.0 Å². The molecule has 1 aromatic heterocycles. The Morgan fingerprint density at radius 2 is 1.90 bits per heavy atom. The quantitative estimate of drug-likeness (QED) is 0.651. The molecule has 0 aromatic carbocycles. The molecule has 1 atom stereocenters. The average Bonchev–Trinajstić information content (AvgIpc) is 2.81. The Bertz CT molecular complexity index is 453. The van der Waals surface area contributed by atoms with E-state index in [-0.39, 0.29) is 0 Å². The summed E-state index contributed by atoms with van der Waals surface area (Å²) in [5, 5.41) is 4.53. The number of nitrogens with one attached hydrogen (secondary N) is 1. The van der Waals surface area contributed by atoms with E-state index in [2.05, 4.69) is 16.6 Å². The number of hydrogen-bond acceptors (Lipinski definition) is 3. The molecule has 20 heavy (non-hydrogen) atoms. The van der Waals surface area contributed by atoms with E-state index in [1.54, 1.807) is 0 Å². The van der Waals surface area contributed by atoms with Crippen LogP contribution in [0.15, 0.2) is 12.3 Å². The first-order valence-corrected chi connectivity index (χ1v) is 8.17. The summed E-state index contributed by atoms with van der Waals surface area (Å²) in [6.07, 6.45) is 10.3. The minimum Gasteiger partial charge on any atom is -0.276 e. The summed E-state index contributed by atoms with van der Waals surface area (Å²) in [4.78, 5) is 0. The Labute approximate surface area is 121 Å². The van der Waals surface area contributed by atoms with Gasteiger partial charge in [0, 0.05) is 25.7 Å². The highest BCUT2D eigenvalue weighted by Crippen LogP contribution is 2.57. The molecule has 0 aliphatic heterocycles. The van der Waals surface area contributed by atoms with E-state index < -0.39 is 0 Å². The molecule has 4 nitrogen and oxygen atoms in total. The van der Waals surface area contributed by atoms with Gasteiger partial charge in [0.1, 0.15) is 0 Å². The second-order valence-corrected chi connectivity index (χ2v) is 7.47. The predicted molar refractivity (Wildman–Crippen MR) is 78.6 cm³/mol. The van der Waals surface area contributed by atoms with Gasteiger partial charge in [-0.3, -0.25) is 16.0 Å². The molecular weight excluding hydrogens is 248 g/mol. The first kappa shape index (κ1) is 12.8. The molecular formula is C16H26N4. The third-order valence-corrected chi connectivity index (χ3v) is 6.18. The van der Waals surface area contributed by atoms with Crippen molar-refractivity contribution in [3.63, 3.8) is 0 Å². The lowest BCUT2D eigenvalue weighted by Gasteiger charge is -2.56. The Morgan fingerprint density at radius 1 is 1.25 bits per heavy atom. The van der Waals surface area contributed by atoms with Gasteiger partial charge in [-0.2, -0.15) is 5.10 Å². The van der Waals surface area contributed by atoms with Crippen molar-refractivity contribution < 1.29 is 0 Å². The molecule has 4 fully saturated rings. The van der Waals surface area contributed by atoms with Gasteiger partial charge in [-0.25, -0.2) is 0 Å². The van der Waals surface area contributed by atoms with Crippen molar-refractivity contribution in [3.8, 4) is 0 Å². The number of aromatic nitrogens is 2. The molecule has 5 rings (SSSR count). The van der Waals surface area contributed by atoms with E-state index in [0.29, 0.717) is 6.04 Å². The maximum Gasteiger partial charge on any atom is 0.0640 e. The highest BCUT2D eigenvalue weighted by molar-refractivity contribution is 5.06. The summed E-state index contributed by atoms with van der Waals surface area (Å²) >= 11 is 0. The molecule has 0 saturated heterocycles. The highest BCUT2D eigenvalue weighted by atomic mass is 15.3. The fourth-order valence-corrected chi connectivity index (χ4v) is 5.73. The van der Waals surface area contributed by atoms with Crippen LogP contribution >= 0.6 is 0 Å². The van der Waals surface area contributed by atoms with Gasteiger partial charge in [-0.1, -0.05) is 0 Å². The summed E-state index contributed by atoms with van der Waals surface area (Å²) in [6, 6.07) is 2.53. The minimum atomic E-state index is 0.403. The minimum absolute atomic E-state index is 0.403. The third kappa shape index (κ3) is 2.09. The molecule has 110 valence electrons. The molecule has 1 aromatic rings. The van der Waals surface area contributed by atoms with Crippen LogP contribution in [0.25, 0.3) is 0 Å². The molecule has 4 heteroatoms. The molecule has 4 bridgehead atoms. The third-order valence-electron chi connectivity index (χ3n) is 6.18. The van der Waals surface area contributed by atoms with Crippen LogP contribution in [0.5, 0.6) is 0 Å². The smallest absolute Gasteiger partial charge is 0.0640 e. The van der Waals surface area contributed by atoms with E-state index in [4.69, 9.17) is 5.84 Å². The standard InChI is InChI=1S/C16H26N4/c1-20-3-2-14(19-20)9-15(18-17)16-12-5-10-4-11(7-12)8-13(16)6-10/h2-3,10-13,15-16,18H,4-9,17H2,1H3. The van der Waals surface area contributed by atoms with Crippen molar-refractivity contribution in [3.05, 3.63) is 18.0 Å². The van der Waals surface area contributed by atoms with Crippen molar-refractivity contribution in [1.29, 1.82) is 0 Å². The second-order valence-electron chi connectivity index (χ2n) is 7.47. The van der Waals surface area contributed by atoms with Gasteiger partial charge in [0.2, 0.25) is 0 Å². The second kappa shape index (κ2) is 4.85. The van der Waals surface area contributed by atoms with E-state index in [1.165, 1.54) is 37.8 Å². The zero-order valence-corrected chi connectivity index (χ0v) is 12.3. The molecule has 4 saturated carbocycles. The Morgan fingerprint density at radius 3 is 2.40 bits per heavy atom. The summed E-state index contributed by atoms with van der Waals surface area (Å²) in [7, 11) is 1.98. The first-order valence-electron chi connectivity index (χ1n) is 8.17. The molecule has 4 aliphatic carbocycles. The molecule has 4 aliphatic rings. The van der Waals surface area contributed by atoms with Gasteiger partial charge >= 0.3 is 0 Å². The van der Waals surface area contributed by atoms with Crippen molar-refractivity contribution in [1.82, 2.24) is 15.2 Å². The number of rotatable bonds is 4. The van der Waals surface area contributed by atoms with Crippen LogP contribution in [-0.2, 0) is 13.5 Å². The Hall–Kier alpha value is -0.870. The van der Waals surface area contributed by atoms with Gasteiger partial charge < -0.3 is 0 Å². The molecule has 1 heterocycles. The highest BCUT2D eigenvalue weighted by Gasteiger charge is 2.50. The van der Waals surface area contributed by atoms with Gasteiger partial charge in [0.25, 0.3) is 0 Å². The normalized spacial score (nSPS) is 40.2. The fraction of sp³-hybridized carbons (Fsp3) is 0.812.